The van der Waals surface area contributed by atoms with Gasteiger partial charge in [0.25, 0.3) is 11.4 Å². The molecule has 0 unspecified atom stereocenters. The molecule has 2 N–H and O–H groups in total. The maximum Gasteiger partial charge on any atom is 0.332 e. The smallest absolute Gasteiger partial charge is 0.332 e. The maximum absolute atomic E-state index is 12.2. The van der Waals surface area contributed by atoms with E-state index >= 15 is 0 Å². The molecule has 1 aliphatic rings. The van der Waals surface area contributed by atoms with E-state index in [1.54, 1.807) is 19.2 Å². The molecule has 3 aromatic rings. The molecule has 3 heterocycles. The number of rotatable bonds is 2. The van der Waals surface area contributed by atoms with E-state index in [1.807, 2.05) is 0 Å². The molecule has 0 atom stereocenters. The van der Waals surface area contributed by atoms with Crippen LogP contribution in [0, 0.1) is 0 Å². The van der Waals surface area contributed by atoms with Gasteiger partial charge in [0.15, 0.2) is 5.82 Å². The van der Waals surface area contributed by atoms with Gasteiger partial charge in [0.2, 0.25) is 0 Å². The fraction of sp³-hybridized carbons (Fsp3) is 0.400. The van der Waals surface area contributed by atoms with Gasteiger partial charge in [-0.15, -0.1) is 12.4 Å². The Bertz CT molecular complexity index is 1080. The van der Waals surface area contributed by atoms with E-state index in [-0.39, 0.29) is 23.9 Å². The first kappa shape index (κ1) is 17.3. The van der Waals surface area contributed by atoms with Crippen LogP contribution in [0.2, 0.25) is 0 Å². The van der Waals surface area contributed by atoms with E-state index in [1.165, 1.54) is 11.6 Å². The summed E-state index contributed by atoms with van der Waals surface area (Å²) in [6.45, 7) is 0. The molecule has 25 heavy (non-hydrogen) atoms. The number of aromatic nitrogens is 5. The van der Waals surface area contributed by atoms with Crippen LogP contribution in [0.15, 0.2) is 26.2 Å². The van der Waals surface area contributed by atoms with E-state index in [0.717, 1.165) is 23.8 Å². The van der Waals surface area contributed by atoms with E-state index in [9.17, 15) is 9.59 Å². The highest BCUT2D eigenvalue weighted by molar-refractivity contribution is 5.85. The van der Waals surface area contributed by atoms with Crippen LogP contribution in [-0.4, -0.2) is 24.3 Å². The van der Waals surface area contributed by atoms with Gasteiger partial charge in [-0.05, 0) is 31.4 Å². The number of hydrogen-bond acceptors (Lipinski definition) is 7. The number of pyridine rings is 1. The van der Waals surface area contributed by atoms with Crippen molar-refractivity contribution in [3.05, 3.63) is 38.8 Å². The van der Waals surface area contributed by atoms with Gasteiger partial charge in [-0.3, -0.25) is 13.9 Å². The minimum absolute atomic E-state index is 0. The molecule has 0 aromatic carbocycles. The first-order chi connectivity index (χ1) is 11.4. The molecule has 3 aromatic heterocycles. The second-order valence-corrected chi connectivity index (χ2v) is 6.21. The Labute approximate surface area is 147 Å². The lowest BCUT2D eigenvalue weighted by molar-refractivity contribution is 0.229. The normalized spacial score (nSPS) is 15.6. The highest BCUT2D eigenvalue weighted by Gasteiger charge is 2.39. The summed E-state index contributed by atoms with van der Waals surface area (Å²) in [6, 6.07) is 3.22. The minimum Gasteiger partial charge on any atom is -0.332 e. The van der Waals surface area contributed by atoms with Gasteiger partial charge in [0.05, 0.1) is 10.9 Å². The number of halogens is 1. The van der Waals surface area contributed by atoms with Crippen LogP contribution in [0.5, 0.6) is 0 Å². The molecule has 0 spiro atoms. The first-order valence-corrected chi connectivity index (χ1v) is 7.61. The first-order valence-electron chi connectivity index (χ1n) is 7.61. The SMILES string of the molecule is Cl.Cn1c(=O)c2ccc(-c3nc(C4(N)CCC4)no3)nc2n(C)c1=O. The summed E-state index contributed by atoms with van der Waals surface area (Å²) in [5, 5.41) is 4.30. The molecule has 9 nitrogen and oxygen atoms in total. The van der Waals surface area contributed by atoms with Crippen molar-refractivity contribution >= 4 is 23.4 Å². The summed E-state index contributed by atoms with van der Waals surface area (Å²) in [5.41, 5.74) is 5.49. The van der Waals surface area contributed by atoms with Crippen LogP contribution in [0.4, 0.5) is 0 Å². The Morgan fingerprint density at radius 1 is 1.16 bits per heavy atom. The van der Waals surface area contributed by atoms with Gasteiger partial charge in [-0.2, -0.15) is 4.98 Å². The van der Waals surface area contributed by atoms with Crippen LogP contribution >= 0.6 is 12.4 Å². The molecule has 0 bridgehead atoms. The van der Waals surface area contributed by atoms with Crippen molar-refractivity contribution < 1.29 is 4.52 Å². The predicted octanol–water partition coefficient (Wildman–Crippen LogP) is 0.442. The summed E-state index contributed by atoms with van der Waals surface area (Å²) in [6.07, 6.45) is 2.68. The lowest BCUT2D eigenvalue weighted by atomic mass is 9.77. The van der Waals surface area contributed by atoms with Crippen LogP contribution in [0.3, 0.4) is 0 Å². The van der Waals surface area contributed by atoms with Crippen molar-refractivity contribution in [2.24, 2.45) is 19.8 Å². The molecular formula is C15H17ClN6O3. The van der Waals surface area contributed by atoms with E-state index in [2.05, 4.69) is 15.1 Å². The number of hydrogen-bond donors (Lipinski definition) is 1. The highest BCUT2D eigenvalue weighted by Crippen LogP contribution is 2.37. The second kappa shape index (κ2) is 5.78. The van der Waals surface area contributed by atoms with Gasteiger partial charge in [0.1, 0.15) is 11.3 Å². The Morgan fingerprint density at radius 2 is 1.88 bits per heavy atom. The fourth-order valence-corrected chi connectivity index (χ4v) is 2.88. The summed E-state index contributed by atoms with van der Waals surface area (Å²) < 4.78 is 7.63. The fourth-order valence-electron chi connectivity index (χ4n) is 2.88. The van der Waals surface area contributed by atoms with Crippen molar-refractivity contribution in [2.45, 2.75) is 24.8 Å². The molecule has 1 fully saturated rings. The van der Waals surface area contributed by atoms with E-state index in [4.69, 9.17) is 10.3 Å². The molecular weight excluding hydrogens is 348 g/mol. The van der Waals surface area contributed by atoms with Gasteiger partial charge >= 0.3 is 5.69 Å². The number of fused-ring (bicyclic) bond motifs is 1. The third kappa shape index (κ3) is 2.47. The van der Waals surface area contributed by atoms with Crippen LogP contribution in [0.25, 0.3) is 22.6 Å². The quantitative estimate of drug-likeness (QED) is 0.700. The number of nitrogens with zero attached hydrogens (tertiary/aromatic N) is 5. The van der Waals surface area contributed by atoms with E-state index in [0.29, 0.717) is 16.9 Å². The molecule has 1 saturated carbocycles. The topological polar surface area (TPSA) is 122 Å². The number of aryl methyl sites for hydroxylation is 1. The Balaban J connectivity index is 0.00000182. The van der Waals surface area contributed by atoms with Crippen LogP contribution in [-0.2, 0) is 19.6 Å². The summed E-state index contributed by atoms with van der Waals surface area (Å²) in [5.74, 6) is 0.681. The lowest BCUT2D eigenvalue weighted by Crippen LogP contribution is -2.44. The second-order valence-electron chi connectivity index (χ2n) is 6.21. The standard InChI is InChI=1S/C15H16N6O3.ClH/c1-20-10-8(12(22)21(2)14(20)23)4-5-9(17-10)11-18-13(19-24-11)15(16)6-3-7-15;/h4-5H,3,6-7,16H2,1-2H3;1H. The predicted molar refractivity (Wildman–Crippen MR) is 92.5 cm³/mol. The minimum atomic E-state index is -0.526. The van der Waals surface area contributed by atoms with Crippen molar-refractivity contribution in [2.75, 3.05) is 0 Å². The van der Waals surface area contributed by atoms with Gasteiger partial charge in [-0.1, -0.05) is 5.16 Å². The molecule has 0 aliphatic heterocycles. The zero-order chi connectivity index (χ0) is 17.1. The van der Waals surface area contributed by atoms with Gasteiger partial charge in [-0.25, -0.2) is 9.78 Å². The van der Waals surface area contributed by atoms with Crippen molar-refractivity contribution in [1.29, 1.82) is 0 Å². The third-order valence-electron chi connectivity index (χ3n) is 4.64. The molecule has 4 rings (SSSR count). The molecule has 0 saturated heterocycles. The Kier molecular flexibility index (Phi) is 4.00. The largest absolute Gasteiger partial charge is 0.332 e. The number of nitrogens with two attached hydrogens (primary N) is 1. The lowest BCUT2D eigenvalue weighted by Gasteiger charge is -2.34. The van der Waals surface area contributed by atoms with E-state index < -0.39 is 16.8 Å². The third-order valence-corrected chi connectivity index (χ3v) is 4.64. The maximum atomic E-state index is 12.2. The summed E-state index contributed by atoms with van der Waals surface area (Å²) in [7, 11) is 2.99. The van der Waals surface area contributed by atoms with Crippen molar-refractivity contribution in [1.82, 2.24) is 24.3 Å². The van der Waals surface area contributed by atoms with Gasteiger partial charge < -0.3 is 10.3 Å². The summed E-state index contributed by atoms with van der Waals surface area (Å²) >= 11 is 0. The van der Waals surface area contributed by atoms with Crippen LogP contribution < -0.4 is 17.0 Å². The zero-order valence-electron chi connectivity index (χ0n) is 13.7. The Hall–Kier alpha value is -2.52. The van der Waals surface area contributed by atoms with Crippen molar-refractivity contribution in [3.63, 3.8) is 0 Å². The highest BCUT2D eigenvalue weighted by atomic mass is 35.5. The average Bonchev–Trinajstić information content (AvgIpc) is 3.05. The van der Waals surface area contributed by atoms with Crippen LogP contribution in [0.1, 0.15) is 25.1 Å². The average molecular weight is 365 g/mol. The molecule has 0 amide bonds. The van der Waals surface area contributed by atoms with Crippen molar-refractivity contribution in [3.8, 4) is 11.6 Å². The summed E-state index contributed by atoms with van der Waals surface area (Å²) in [4.78, 5) is 32.9. The van der Waals surface area contributed by atoms with Gasteiger partial charge in [0, 0.05) is 14.1 Å². The molecule has 10 heteroatoms. The molecule has 1 aliphatic carbocycles. The Morgan fingerprint density at radius 3 is 2.52 bits per heavy atom. The molecule has 0 radical (unpaired) electrons. The zero-order valence-corrected chi connectivity index (χ0v) is 14.5. The molecule has 132 valence electrons. The monoisotopic (exact) mass is 364 g/mol.